The van der Waals surface area contributed by atoms with Crippen LogP contribution in [0.2, 0.25) is 0 Å². The smallest absolute Gasteiger partial charge is 0.0210 e. The van der Waals surface area contributed by atoms with Crippen LogP contribution in [0.25, 0.3) is 0 Å². The fourth-order valence-corrected chi connectivity index (χ4v) is 1.71. The maximum Gasteiger partial charge on any atom is -0.0210 e. The minimum absolute atomic E-state index is 0.670. The van der Waals surface area contributed by atoms with E-state index < -0.39 is 0 Å². The summed E-state index contributed by atoms with van der Waals surface area (Å²) in [5.41, 5.74) is 0. The Hall–Kier alpha value is -0.520. The van der Waals surface area contributed by atoms with Crippen molar-refractivity contribution in [1.29, 1.82) is 0 Å². The second kappa shape index (κ2) is 7.73. The molecule has 0 aliphatic heterocycles. The zero-order valence-corrected chi connectivity index (χ0v) is 11.2. The first kappa shape index (κ1) is 14.5. The second-order valence-corrected chi connectivity index (χ2v) is 5.05. The lowest BCUT2D eigenvalue weighted by Crippen LogP contribution is -2.07. The average molecular weight is 208 g/mol. The van der Waals surface area contributed by atoms with Gasteiger partial charge in [0.2, 0.25) is 0 Å². The van der Waals surface area contributed by atoms with Crippen LogP contribution in [0.3, 0.4) is 0 Å². The van der Waals surface area contributed by atoms with Crippen molar-refractivity contribution in [3.8, 4) is 0 Å². The van der Waals surface area contributed by atoms with Crippen molar-refractivity contribution in [2.24, 2.45) is 23.7 Å². The van der Waals surface area contributed by atoms with E-state index in [1.807, 2.05) is 0 Å². The number of hydrogen-bond acceptors (Lipinski definition) is 0. The van der Waals surface area contributed by atoms with Crippen molar-refractivity contribution in [2.75, 3.05) is 0 Å². The summed E-state index contributed by atoms with van der Waals surface area (Å²) in [4.78, 5) is 0. The van der Waals surface area contributed by atoms with E-state index in [9.17, 15) is 0 Å². The zero-order valence-electron chi connectivity index (χ0n) is 11.2. The minimum atomic E-state index is 0.670. The lowest BCUT2D eigenvalue weighted by atomic mass is 9.88. The number of rotatable bonds is 7. The molecule has 0 spiro atoms. The van der Waals surface area contributed by atoms with Crippen LogP contribution < -0.4 is 0 Å². The number of allylic oxidation sites excluding steroid dienone is 3. The average Bonchev–Trinajstić information content (AvgIpc) is 2.19. The fourth-order valence-electron chi connectivity index (χ4n) is 1.71. The first-order chi connectivity index (χ1) is 7.02. The molecule has 0 aliphatic rings. The Bertz CT molecular complexity index is 188. The molecule has 0 aromatic heterocycles. The van der Waals surface area contributed by atoms with Crippen molar-refractivity contribution in [1.82, 2.24) is 0 Å². The minimum Gasteiger partial charge on any atom is -0.103 e. The summed E-state index contributed by atoms with van der Waals surface area (Å²) in [7, 11) is 0. The van der Waals surface area contributed by atoms with Crippen LogP contribution in [-0.4, -0.2) is 0 Å². The molecule has 3 unspecified atom stereocenters. The van der Waals surface area contributed by atoms with Gasteiger partial charge in [0, 0.05) is 0 Å². The van der Waals surface area contributed by atoms with Crippen LogP contribution in [-0.2, 0) is 0 Å². The Balaban J connectivity index is 3.98. The van der Waals surface area contributed by atoms with Gasteiger partial charge in [-0.2, -0.15) is 0 Å². The molecule has 0 amide bonds. The molecule has 0 rings (SSSR count). The van der Waals surface area contributed by atoms with Gasteiger partial charge in [0.25, 0.3) is 0 Å². The molecule has 3 atom stereocenters. The molecule has 0 heteroatoms. The molecule has 0 saturated heterocycles. The Morgan fingerprint density at radius 2 is 1.73 bits per heavy atom. The highest BCUT2D eigenvalue weighted by molar-refractivity contribution is 4.92. The maximum absolute atomic E-state index is 3.90. The summed E-state index contributed by atoms with van der Waals surface area (Å²) in [5.74, 6) is 2.84. The van der Waals surface area contributed by atoms with Gasteiger partial charge >= 0.3 is 0 Å². The SMILES string of the molecule is C=CC(CC)C(C)CC=CC(C)C(C)C. The van der Waals surface area contributed by atoms with Gasteiger partial charge in [-0.3, -0.25) is 0 Å². The molecule has 0 saturated carbocycles. The van der Waals surface area contributed by atoms with Crippen LogP contribution in [0, 0.1) is 23.7 Å². The lowest BCUT2D eigenvalue weighted by molar-refractivity contribution is 0.420. The first-order valence-corrected chi connectivity index (χ1v) is 6.32. The normalized spacial score (nSPS) is 18.0. The molecule has 0 aliphatic carbocycles. The molecular weight excluding hydrogens is 180 g/mol. The largest absolute Gasteiger partial charge is 0.103 e. The van der Waals surface area contributed by atoms with Crippen LogP contribution in [0.5, 0.6) is 0 Å². The van der Waals surface area contributed by atoms with E-state index in [4.69, 9.17) is 0 Å². The van der Waals surface area contributed by atoms with Crippen LogP contribution >= 0.6 is 0 Å². The highest BCUT2D eigenvalue weighted by atomic mass is 14.2. The maximum atomic E-state index is 3.90. The van der Waals surface area contributed by atoms with Gasteiger partial charge in [0.15, 0.2) is 0 Å². The lowest BCUT2D eigenvalue weighted by Gasteiger charge is -2.17. The van der Waals surface area contributed by atoms with Crippen molar-refractivity contribution in [3.05, 3.63) is 24.8 Å². The van der Waals surface area contributed by atoms with Gasteiger partial charge in [-0.05, 0) is 36.5 Å². The standard InChI is InChI=1S/C15H28/c1-7-15(8-2)14(6)11-9-10-13(5)12(3)4/h7,9-10,12-15H,1,8,11H2,2-6H3. The molecule has 0 fully saturated rings. The third-order valence-corrected chi connectivity index (χ3v) is 3.50. The Morgan fingerprint density at radius 1 is 1.13 bits per heavy atom. The molecule has 88 valence electrons. The van der Waals surface area contributed by atoms with Crippen molar-refractivity contribution < 1.29 is 0 Å². The highest BCUT2D eigenvalue weighted by Gasteiger charge is 2.10. The third-order valence-electron chi connectivity index (χ3n) is 3.50. The molecule has 0 N–H and O–H groups in total. The van der Waals surface area contributed by atoms with Crippen LogP contribution in [0.4, 0.5) is 0 Å². The molecule has 15 heavy (non-hydrogen) atoms. The van der Waals surface area contributed by atoms with Crippen LogP contribution in [0.15, 0.2) is 24.8 Å². The van der Waals surface area contributed by atoms with Crippen LogP contribution in [0.1, 0.15) is 47.5 Å². The summed E-state index contributed by atoms with van der Waals surface area (Å²) in [5, 5.41) is 0. The monoisotopic (exact) mass is 208 g/mol. The Labute approximate surface area is 96.5 Å². The molecule has 0 aromatic carbocycles. The van der Waals surface area contributed by atoms with E-state index in [-0.39, 0.29) is 0 Å². The van der Waals surface area contributed by atoms with E-state index in [0.717, 1.165) is 11.8 Å². The molecule has 0 aromatic rings. The molecule has 0 heterocycles. The quantitative estimate of drug-likeness (QED) is 0.512. The third kappa shape index (κ3) is 5.81. The predicted octanol–water partition coefficient (Wildman–Crippen LogP) is 5.07. The van der Waals surface area contributed by atoms with Gasteiger partial charge in [-0.1, -0.05) is 52.8 Å². The fraction of sp³-hybridized carbons (Fsp3) is 0.733. The number of hydrogen-bond donors (Lipinski definition) is 0. The second-order valence-electron chi connectivity index (χ2n) is 5.05. The van der Waals surface area contributed by atoms with E-state index in [2.05, 4.69) is 59.4 Å². The topological polar surface area (TPSA) is 0 Å². The van der Waals surface area contributed by atoms with E-state index in [1.165, 1.54) is 12.8 Å². The van der Waals surface area contributed by atoms with E-state index >= 15 is 0 Å². The summed E-state index contributed by atoms with van der Waals surface area (Å²) >= 11 is 0. The van der Waals surface area contributed by atoms with Crippen molar-refractivity contribution in [2.45, 2.75) is 47.5 Å². The molecule has 0 nitrogen and oxygen atoms in total. The predicted molar refractivity (Wildman–Crippen MR) is 70.9 cm³/mol. The Kier molecular flexibility index (Phi) is 7.46. The van der Waals surface area contributed by atoms with Gasteiger partial charge in [-0.25, -0.2) is 0 Å². The van der Waals surface area contributed by atoms with Gasteiger partial charge in [0.05, 0.1) is 0 Å². The van der Waals surface area contributed by atoms with Crippen molar-refractivity contribution in [3.63, 3.8) is 0 Å². The van der Waals surface area contributed by atoms with Gasteiger partial charge in [0.1, 0.15) is 0 Å². The summed E-state index contributed by atoms with van der Waals surface area (Å²) in [6.45, 7) is 15.3. The summed E-state index contributed by atoms with van der Waals surface area (Å²) < 4.78 is 0. The zero-order chi connectivity index (χ0) is 11.8. The molecule has 0 radical (unpaired) electrons. The van der Waals surface area contributed by atoms with Gasteiger partial charge in [-0.15, -0.1) is 6.58 Å². The van der Waals surface area contributed by atoms with Gasteiger partial charge < -0.3 is 0 Å². The van der Waals surface area contributed by atoms with Crippen molar-refractivity contribution >= 4 is 0 Å². The first-order valence-electron chi connectivity index (χ1n) is 6.32. The molecule has 0 bridgehead atoms. The molecular formula is C15H28. The van der Waals surface area contributed by atoms with E-state index in [1.54, 1.807) is 0 Å². The summed E-state index contributed by atoms with van der Waals surface area (Å²) in [6.07, 6.45) is 9.20. The highest BCUT2D eigenvalue weighted by Crippen LogP contribution is 2.21. The summed E-state index contributed by atoms with van der Waals surface area (Å²) in [6, 6.07) is 0. The van der Waals surface area contributed by atoms with E-state index in [0.29, 0.717) is 11.8 Å². The Morgan fingerprint density at radius 3 is 2.13 bits per heavy atom.